The Balaban J connectivity index is 1.30. The molecule has 1 spiro atoms. The summed E-state index contributed by atoms with van der Waals surface area (Å²) in [7, 11) is 1.70. The SMILES string of the molecule is COc1ccc(C[C@H]2CCOC3(CCN(C(=O)Nc4ccccc4)CC3)C2)cc1. The number of piperidine rings is 1. The summed E-state index contributed by atoms with van der Waals surface area (Å²) in [5, 5.41) is 2.99. The van der Waals surface area contributed by atoms with Gasteiger partial charge in [0, 0.05) is 25.4 Å². The molecule has 1 atom stereocenters. The summed E-state index contributed by atoms with van der Waals surface area (Å²) in [6.45, 7) is 2.30. The maximum atomic E-state index is 12.6. The predicted octanol–water partition coefficient (Wildman–Crippen LogP) is 4.73. The molecular weight excluding hydrogens is 364 g/mol. The van der Waals surface area contributed by atoms with Gasteiger partial charge < -0.3 is 19.7 Å². The molecule has 2 aromatic rings. The van der Waals surface area contributed by atoms with Crippen LogP contribution < -0.4 is 10.1 Å². The van der Waals surface area contributed by atoms with Crippen molar-refractivity contribution in [1.82, 2.24) is 4.90 Å². The number of methoxy groups -OCH3 is 1. The van der Waals surface area contributed by atoms with Crippen molar-refractivity contribution in [3.63, 3.8) is 0 Å². The molecule has 2 amide bonds. The molecule has 1 N–H and O–H groups in total. The molecule has 5 nitrogen and oxygen atoms in total. The van der Waals surface area contributed by atoms with Gasteiger partial charge in [-0.2, -0.15) is 0 Å². The van der Waals surface area contributed by atoms with E-state index in [0.29, 0.717) is 5.92 Å². The van der Waals surface area contributed by atoms with Crippen LogP contribution in [-0.4, -0.2) is 43.3 Å². The monoisotopic (exact) mass is 394 g/mol. The zero-order valence-corrected chi connectivity index (χ0v) is 17.1. The summed E-state index contributed by atoms with van der Waals surface area (Å²) < 4.78 is 11.5. The van der Waals surface area contributed by atoms with E-state index in [4.69, 9.17) is 9.47 Å². The second-order valence-electron chi connectivity index (χ2n) is 8.23. The number of benzene rings is 2. The maximum Gasteiger partial charge on any atom is 0.321 e. The minimum Gasteiger partial charge on any atom is -0.497 e. The molecule has 0 aromatic heterocycles. The molecule has 0 saturated carbocycles. The van der Waals surface area contributed by atoms with Crippen molar-refractivity contribution in [2.24, 2.45) is 5.92 Å². The highest BCUT2D eigenvalue weighted by molar-refractivity contribution is 5.89. The van der Waals surface area contributed by atoms with Gasteiger partial charge in [-0.05, 0) is 67.9 Å². The summed E-state index contributed by atoms with van der Waals surface area (Å²) >= 11 is 0. The normalized spacial score (nSPS) is 21.0. The number of hydrogen-bond acceptors (Lipinski definition) is 3. The molecule has 2 aliphatic rings. The second kappa shape index (κ2) is 8.87. The van der Waals surface area contributed by atoms with Crippen molar-refractivity contribution in [3.8, 4) is 5.75 Å². The number of rotatable bonds is 4. The quantitative estimate of drug-likeness (QED) is 0.816. The fourth-order valence-corrected chi connectivity index (χ4v) is 4.59. The minimum atomic E-state index is -0.0705. The Hall–Kier alpha value is -2.53. The van der Waals surface area contributed by atoms with Crippen molar-refractivity contribution < 1.29 is 14.3 Å². The van der Waals surface area contributed by atoms with E-state index in [9.17, 15) is 4.79 Å². The van der Waals surface area contributed by atoms with E-state index in [1.165, 1.54) is 5.56 Å². The molecule has 4 rings (SSSR count). The first-order valence-electron chi connectivity index (χ1n) is 10.5. The molecule has 2 fully saturated rings. The molecule has 0 aliphatic carbocycles. The number of carbonyl (C=O) groups is 1. The predicted molar refractivity (Wildman–Crippen MR) is 114 cm³/mol. The highest BCUT2D eigenvalue weighted by Gasteiger charge is 2.41. The summed E-state index contributed by atoms with van der Waals surface area (Å²) in [5.41, 5.74) is 2.12. The third-order valence-corrected chi connectivity index (χ3v) is 6.27. The third kappa shape index (κ3) is 4.91. The second-order valence-corrected chi connectivity index (χ2v) is 8.23. The lowest BCUT2D eigenvalue weighted by Crippen LogP contribution is -2.51. The van der Waals surface area contributed by atoms with E-state index < -0.39 is 0 Å². The first-order valence-corrected chi connectivity index (χ1v) is 10.5. The van der Waals surface area contributed by atoms with E-state index in [2.05, 4.69) is 17.4 Å². The molecule has 2 aromatic carbocycles. The van der Waals surface area contributed by atoms with Crippen molar-refractivity contribution in [2.75, 3.05) is 32.1 Å². The average Bonchev–Trinajstić information content (AvgIpc) is 2.75. The van der Waals surface area contributed by atoms with Gasteiger partial charge in [-0.15, -0.1) is 0 Å². The van der Waals surface area contributed by atoms with Gasteiger partial charge in [0.05, 0.1) is 12.7 Å². The Kier molecular flexibility index (Phi) is 6.05. The zero-order valence-electron chi connectivity index (χ0n) is 17.1. The van der Waals surface area contributed by atoms with Gasteiger partial charge in [0.25, 0.3) is 0 Å². The van der Waals surface area contributed by atoms with Crippen molar-refractivity contribution >= 4 is 11.7 Å². The number of nitrogens with zero attached hydrogens (tertiary/aromatic N) is 1. The van der Waals surface area contributed by atoms with Gasteiger partial charge in [-0.1, -0.05) is 30.3 Å². The van der Waals surface area contributed by atoms with Crippen molar-refractivity contribution in [2.45, 2.75) is 37.7 Å². The maximum absolute atomic E-state index is 12.6. The fourth-order valence-electron chi connectivity index (χ4n) is 4.59. The van der Waals surface area contributed by atoms with Gasteiger partial charge in [0.2, 0.25) is 0 Å². The summed E-state index contributed by atoms with van der Waals surface area (Å²) in [6, 6.07) is 18.0. The molecule has 2 saturated heterocycles. The smallest absolute Gasteiger partial charge is 0.321 e. The number of hydrogen-bond donors (Lipinski definition) is 1. The lowest BCUT2D eigenvalue weighted by atomic mass is 9.77. The fraction of sp³-hybridized carbons (Fsp3) is 0.458. The molecule has 5 heteroatoms. The molecule has 0 bridgehead atoms. The minimum absolute atomic E-state index is 0.0170. The highest BCUT2D eigenvalue weighted by Crippen LogP contribution is 2.39. The number of anilines is 1. The molecule has 2 heterocycles. The number of ether oxygens (including phenoxy) is 2. The van der Waals surface area contributed by atoms with Gasteiger partial charge in [0.1, 0.15) is 5.75 Å². The van der Waals surface area contributed by atoms with E-state index in [1.807, 2.05) is 47.4 Å². The van der Waals surface area contributed by atoms with E-state index in [0.717, 1.165) is 63.2 Å². The van der Waals surface area contributed by atoms with Gasteiger partial charge in [-0.3, -0.25) is 0 Å². The van der Waals surface area contributed by atoms with Crippen LogP contribution in [0.1, 0.15) is 31.2 Å². The van der Waals surface area contributed by atoms with E-state index >= 15 is 0 Å². The molecule has 154 valence electrons. The number of urea groups is 1. The highest BCUT2D eigenvalue weighted by atomic mass is 16.5. The Bertz CT molecular complexity index is 799. The topological polar surface area (TPSA) is 50.8 Å². The summed E-state index contributed by atoms with van der Waals surface area (Å²) in [5.74, 6) is 1.53. The first-order chi connectivity index (χ1) is 14.2. The van der Waals surface area contributed by atoms with Crippen LogP contribution in [0.25, 0.3) is 0 Å². The third-order valence-electron chi connectivity index (χ3n) is 6.27. The number of amides is 2. The van der Waals surface area contributed by atoms with Crippen molar-refractivity contribution in [1.29, 1.82) is 0 Å². The van der Waals surface area contributed by atoms with Gasteiger partial charge in [0.15, 0.2) is 0 Å². The van der Waals surface area contributed by atoms with Crippen LogP contribution >= 0.6 is 0 Å². The van der Waals surface area contributed by atoms with E-state index in [-0.39, 0.29) is 11.6 Å². The number of carbonyl (C=O) groups excluding carboxylic acids is 1. The molecule has 0 unspecified atom stereocenters. The molecule has 29 heavy (non-hydrogen) atoms. The zero-order chi connectivity index (χ0) is 20.1. The lowest BCUT2D eigenvalue weighted by molar-refractivity contribution is -0.122. The van der Waals surface area contributed by atoms with Crippen molar-refractivity contribution in [3.05, 3.63) is 60.2 Å². The largest absolute Gasteiger partial charge is 0.497 e. The molecular formula is C24H30N2O3. The van der Waals surface area contributed by atoms with Crippen LogP contribution in [0.4, 0.5) is 10.5 Å². The number of nitrogens with one attached hydrogen (secondary N) is 1. The summed E-state index contributed by atoms with van der Waals surface area (Å²) in [6.07, 6.45) is 5.08. The van der Waals surface area contributed by atoms with Crippen LogP contribution in [0.15, 0.2) is 54.6 Å². The van der Waals surface area contributed by atoms with Crippen LogP contribution in [0.2, 0.25) is 0 Å². The average molecular weight is 395 g/mol. The Labute approximate surface area is 173 Å². The number of para-hydroxylation sites is 1. The Morgan fingerprint density at radius 1 is 1.14 bits per heavy atom. The van der Waals surface area contributed by atoms with Crippen LogP contribution in [-0.2, 0) is 11.2 Å². The standard InChI is InChI=1S/C24H30N2O3/c1-28-22-9-7-19(8-10-22)17-20-11-16-29-24(18-20)12-14-26(15-13-24)23(27)25-21-5-3-2-4-6-21/h2-10,20H,11-18H2,1H3,(H,25,27)/t20-/m1/s1. The Morgan fingerprint density at radius 3 is 2.55 bits per heavy atom. The van der Waals surface area contributed by atoms with Gasteiger partial charge in [-0.25, -0.2) is 4.79 Å². The van der Waals surface area contributed by atoms with Gasteiger partial charge >= 0.3 is 6.03 Å². The molecule has 0 radical (unpaired) electrons. The lowest BCUT2D eigenvalue weighted by Gasteiger charge is -2.46. The summed E-state index contributed by atoms with van der Waals surface area (Å²) in [4.78, 5) is 14.5. The van der Waals surface area contributed by atoms with Crippen LogP contribution in [0.3, 0.4) is 0 Å². The molecule has 2 aliphatic heterocycles. The Morgan fingerprint density at radius 2 is 1.86 bits per heavy atom. The van der Waals surface area contributed by atoms with Crippen LogP contribution in [0.5, 0.6) is 5.75 Å². The number of likely N-dealkylation sites (tertiary alicyclic amines) is 1. The van der Waals surface area contributed by atoms with E-state index in [1.54, 1.807) is 7.11 Å². The first kappa shape index (κ1) is 19.8. The van der Waals surface area contributed by atoms with Crippen LogP contribution in [0, 0.1) is 5.92 Å².